The normalized spacial score (nSPS) is 11.8. The summed E-state index contributed by atoms with van der Waals surface area (Å²) < 4.78 is 27.8. The lowest BCUT2D eigenvalue weighted by atomic mass is 10.00. The van der Waals surface area contributed by atoms with Crippen LogP contribution in [0.1, 0.15) is 16.7 Å². The fourth-order valence-corrected chi connectivity index (χ4v) is 4.12. The van der Waals surface area contributed by atoms with Gasteiger partial charge in [0, 0.05) is 17.6 Å². The molecule has 0 aliphatic rings. The van der Waals surface area contributed by atoms with Crippen LogP contribution >= 0.6 is 11.8 Å². The van der Waals surface area contributed by atoms with Crippen LogP contribution in [-0.2, 0) is 9.84 Å². The molecule has 7 heteroatoms. The number of aryl methyl sites for hydroxylation is 3. The summed E-state index contributed by atoms with van der Waals surface area (Å²) in [5.74, 6) is 0.983. The van der Waals surface area contributed by atoms with E-state index in [9.17, 15) is 8.42 Å². The van der Waals surface area contributed by atoms with Crippen LogP contribution in [0.25, 0.3) is 11.5 Å². The van der Waals surface area contributed by atoms with Crippen LogP contribution in [-0.4, -0.2) is 36.4 Å². The molecule has 0 aliphatic heterocycles. The van der Waals surface area contributed by atoms with Crippen molar-refractivity contribution in [2.24, 2.45) is 0 Å². The molecule has 0 saturated heterocycles. The monoisotopic (exact) mass is 326 g/mol. The number of hydrogen-bond donors (Lipinski definition) is 0. The highest BCUT2D eigenvalue weighted by Crippen LogP contribution is 2.29. The molecule has 21 heavy (non-hydrogen) atoms. The molecule has 1 aromatic carbocycles. The van der Waals surface area contributed by atoms with E-state index in [1.54, 1.807) is 0 Å². The van der Waals surface area contributed by atoms with E-state index < -0.39 is 9.84 Å². The Labute approximate surface area is 129 Å². The quantitative estimate of drug-likeness (QED) is 0.787. The van der Waals surface area contributed by atoms with Gasteiger partial charge in [0.2, 0.25) is 5.89 Å². The standard InChI is InChI=1S/C14H18N2O3S2/c1-9-7-10(2)12(11(3)8-9)13-15-16-14(19-13)20-5-6-21(4,17)18/h7-8H,5-6H2,1-4H3. The highest BCUT2D eigenvalue weighted by atomic mass is 32.2. The predicted octanol–water partition coefficient (Wildman–Crippen LogP) is 2.80. The van der Waals surface area contributed by atoms with E-state index in [1.807, 2.05) is 20.8 Å². The minimum absolute atomic E-state index is 0.0952. The van der Waals surface area contributed by atoms with Gasteiger partial charge in [0.25, 0.3) is 5.22 Å². The lowest BCUT2D eigenvalue weighted by Gasteiger charge is -2.06. The second kappa shape index (κ2) is 6.19. The van der Waals surface area contributed by atoms with Crippen molar-refractivity contribution in [2.75, 3.05) is 17.8 Å². The molecule has 0 N–H and O–H groups in total. The van der Waals surface area contributed by atoms with Crippen molar-refractivity contribution in [2.45, 2.75) is 26.0 Å². The molecule has 2 aromatic rings. The Morgan fingerprint density at radius 3 is 2.33 bits per heavy atom. The zero-order chi connectivity index (χ0) is 15.6. The van der Waals surface area contributed by atoms with Crippen LogP contribution in [0, 0.1) is 20.8 Å². The largest absolute Gasteiger partial charge is 0.411 e. The molecule has 0 atom stereocenters. The number of hydrogen-bond acceptors (Lipinski definition) is 6. The van der Waals surface area contributed by atoms with E-state index >= 15 is 0 Å². The first-order chi connectivity index (χ1) is 9.76. The SMILES string of the molecule is Cc1cc(C)c(-c2nnc(SCCS(C)(=O)=O)o2)c(C)c1. The summed E-state index contributed by atoms with van der Waals surface area (Å²) >= 11 is 1.26. The van der Waals surface area contributed by atoms with Gasteiger partial charge in [0.1, 0.15) is 9.84 Å². The summed E-state index contributed by atoms with van der Waals surface area (Å²) in [6.45, 7) is 6.07. The Morgan fingerprint density at radius 1 is 1.14 bits per heavy atom. The average molecular weight is 326 g/mol. The van der Waals surface area contributed by atoms with Gasteiger partial charge in [0.15, 0.2) is 0 Å². The summed E-state index contributed by atoms with van der Waals surface area (Å²) in [5, 5.41) is 8.43. The van der Waals surface area contributed by atoms with Gasteiger partial charge in [-0.05, 0) is 31.9 Å². The van der Waals surface area contributed by atoms with Crippen LogP contribution in [0.5, 0.6) is 0 Å². The summed E-state index contributed by atoms with van der Waals surface area (Å²) in [6.07, 6.45) is 1.21. The molecule has 0 spiro atoms. The third-order valence-electron chi connectivity index (χ3n) is 2.98. The molecular formula is C14H18N2O3S2. The Bertz CT molecular complexity index is 728. The zero-order valence-corrected chi connectivity index (χ0v) is 14.1. The fourth-order valence-electron chi connectivity index (χ4n) is 2.17. The average Bonchev–Trinajstić information content (AvgIpc) is 2.74. The Kier molecular flexibility index (Phi) is 4.73. The van der Waals surface area contributed by atoms with E-state index in [2.05, 4.69) is 22.3 Å². The van der Waals surface area contributed by atoms with Gasteiger partial charge in [-0.25, -0.2) is 8.42 Å². The molecule has 2 rings (SSSR count). The fraction of sp³-hybridized carbons (Fsp3) is 0.429. The Morgan fingerprint density at radius 2 is 1.76 bits per heavy atom. The first kappa shape index (κ1) is 16.0. The van der Waals surface area contributed by atoms with Crippen molar-refractivity contribution >= 4 is 21.6 Å². The van der Waals surface area contributed by atoms with Gasteiger partial charge in [-0.1, -0.05) is 29.5 Å². The summed E-state index contributed by atoms with van der Waals surface area (Å²) in [5.41, 5.74) is 4.31. The van der Waals surface area contributed by atoms with Gasteiger partial charge in [0.05, 0.1) is 5.75 Å². The third kappa shape index (κ3) is 4.31. The van der Waals surface area contributed by atoms with Crippen LogP contribution in [0.3, 0.4) is 0 Å². The van der Waals surface area contributed by atoms with Crippen molar-refractivity contribution in [1.82, 2.24) is 10.2 Å². The van der Waals surface area contributed by atoms with E-state index in [0.29, 0.717) is 16.9 Å². The van der Waals surface area contributed by atoms with Gasteiger partial charge < -0.3 is 4.42 Å². The smallest absolute Gasteiger partial charge is 0.276 e. The number of thioether (sulfide) groups is 1. The molecule has 5 nitrogen and oxygen atoms in total. The Hall–Kier alpha value is -1.34. The minimum atomic E-state index is -2.97. The van der Waals surface area contributed by atoms with Crippen LogP contribution in [0.15, 0.2) is 21.8 Å². The van der Waals surface area contributed by atoms with E-state index in [1.165, 1.54) is 23.6 Å². The first-order valence-electron chi connectivity index (χ1n) is 6.48. The van der Waals surface area contributed by atoms with Gasteiger partial charge in [-0.15, -0.1) is 10.2 Å². The molecule has 114 valence electrons. The maximum Gasteiger partial charge on any atom is 0.276 e. The molecular weight excluding hydrogens is 308 g/mol. The van der Waals surface area contributed by atoms with Crippen molar-refractivity contribution < 1.29 is 12.8 Å². The minimum Gasteiger partial charge on any atom is -0.411 e. The van der Waals surface area contributed by atoms with Crippen molar-refractivity contribution in [3.05, 3.63) is 28.8 Å². The van der Waals surface area contributed by atoms with E-state index in [-0.39, 0.29) is 5.75 Å². The van der Waals surface area contributed by atoms with Gasteiger partial charge in [-0.3, -0.25) is 0 Å². The van der Waals surface area contributed by atoms with Crippen molar-refractivity contribution in [3.63, 3.8) is 0 Å². The predicted molar refractivity (Wildman–Crippen MR) is 84.4 cm³/mol. The number of sulfone groups is 1. The van der Waals surface area contributed by atoms with Gasteiger partial charge in [-0.2, -0.15) is 0 Å². The molecule has 1 heterocycles. The van der Waals surface area contributed by atoms with Crippen LogP contribution < -0.4 is 0 Å². The number of aromatic nitrogens is 2. The molecule has 0 saturated carbocycles. The first-order valence-corrected chi connectivity index (χ1v) is 9.53. The number of benzene rings is 1. The Balaban J connectivity index is 2.17. The number of rotatable bonds is 5. The maximum absolute atomic E-state index is 11.1. The summed E-state index contributed by atoms with van der Waals surface area (Å²) in [4.78, 5) is 0. The summed E-state index contributed by atoms with van der Waals surface area (Å²) in [7, 11) is -2.97. The molecule has 1 aromatic heterocycles. The van der Waals surface area contributed by atoms with E-state index in [4.69, 9.17) is 4.42 Å². The highest BCUT2D eigenvalue weighted by Gasteiger charge is 2.14. The second-order valence-electron chi connectivity index (χ2n) is 5.13. The van der Waals surface area contributed by atoms with Gasteiger partial charge >= 0.3 is 0 Å². The number of nitrogens with zero attached hydrogens (tertiary/aromatic N) is 2. The topological polar surface area (TPSA) is 73.1 Å². The van der Waals surface area contributed by atoms with Crippen molar-refractivity contribution in [1.29, 1.82) is 0 Å². The van der Waals surface area contributed by atoms with Crippen LogP contribution in [0.2, 0.25) is 0 Å². The molecule has 0 radical (unpaired) electrons. The maximum atomic E-state index is 11.1. The zero-order valence-electron chi connectivity index (χ0n) is 12.5. The lowest BCUT2D eigenvalue weighted by molar-refractivity contribution is 0.465. The van der Waals surface area contributed by atoms with Crippen molar-refractivity contribution in [3.8, 4) is 11.5 Å². The molecule has 0 fully saturated rings. The lowest BCUT2D eigenvalue weighted by Crippen LogP contribution is -2.04. The summed E-state index contributed by atoms with van der Waals surface area (Å²) in [6, 6.07) is 4.14. The van der Waals surface area contributed by atoms with E-state index in [0.717, 1.165) is 16.7 Å². The highest BCUT2D eigenvalue weighted by molar-refractivity contribution is 8.00. The molecule has 0 amide bonds. The molecule has 0 unspecified atom stereocenters. The second-order valence-corrected chi connectivity index (χ2v) is 8.43. The molecule has 0 bridgehead atoms. The third-order valence-corrected chi connectivity index (χ3v) is 5.00. The van der Waals surface area contributed by atoms with Crippen LogP contribution in [0.4, 0.5) is 0 Å². The molecule has 0 aliphatic carbocycles.